The van der Waals surface area contributed by atoms with Crippen LogP contribution in [0.1, 0.15) is 5.69 Å². The van der Waals surface area contributed by atoms with Crippen molar-refractivity contribution in [3.8, 4) is 5.75 Å². The third kappa shape index (κ3) is 3.74. The fourth-order valence-electron chi connectivity index (χ4n) is 1.12. The summed E-state index contributed by atoms with van der Waals surface area (Å²) >= 11 is 0. The molecule has 6 nitrogen and oxygen atoms in total. The zero-order chi connectivity index (χ0) is 12.0. The molecule has 0 radical (unpaired) electrons. The highest BCUT2D eigenvalue weighted by Gasteiger charge is 2.02. The molecule has 0 fully saturated rings. The normalized spacial score (nSPS) is 11.2. The molecule has 0 saturated heterocycles. The van der Waals surface area contributed by atoms with Crippen LogP contribution in [-0.2, 0) is 0 Å². The van der Waals surface area contributed by atoms with Gasteiger partial charge in [0.2, 0.25) is 0 Å². The lowest BCUT2D eigenvalue weighted by Crippen LogP contribution is -2.21. The van der Waals surface area contributed by atoms with Crippen LogP contribution in [0, 0.1) is 0 Å². The second-order valence-corrected chi connectivity index (χ2v) is 3.58. The highest BCUT2D eigenvalue weighted by atomic mass is 16.4. The van der Waals surface area contributed by atoms with E-state index >= 15 is 0 Å². The van der Waals surface area contributed by atoms with Crippen molar-refractivity contribution in [1.29, 1.82) is 0 Å². The molecule has 0 saturated carbocycles. The Morgan fingerprint density at radius 3 is 2.88 bits per heavy atom. The molecule has 1 rings (SSSR count). The summed E-state index contributed by atoms with van der Waals surface area (Å²) in [6, 6.07) is 3.17. The van der Waals surface area contributed by atoms with E-state index in [-0.39, 0.29) is 11.4 Å². The first kappa shape index (κ1) is 12.3. The van der Waals surface area contributed by atoms with Crippen LogP contribution < -0.4 is 5.32 Å². The van der Waals surface area contributed by atoms with Crippen molar-refractivity contribution < 1.29 is 10.3 Å². The molecule has 1 aromatic heterocycles. The number of likely N-dealkylation sites (N-methyl/N-ethyl adjacent to an activating group) is 1. The molecule has 0 amide bonds. The van der Waals surface area contributed by atoms with Gasteiger partial charge in [0.1, 0.15) is 17.3 Å². The molecule has 0 aromatic carbocycles. The third-order valence-electron chi connectivity index (χ3n) is 1.95. The lowest BCUT2D eigenvalue weighted by atomic mass is 10.3. The van der Waals surface area contributed by atoms with Crippen LogP contribution in [0.3, 0.4) is 0 Å². The van der Waals surface area contributed by atoms with Gasteiger partial charge in [-0.05, 0) is 26.2 Å². The minimum absolute atomic E-state index is 0.0176. The van der Waals surface area contributed by atoms with E-state index in [1.54, 1.807) is 6.07 Å². The van der Waals surface area contributed by atoms with Crippen LogP contribution in [0.4, 0.5) is 5.82 Å². The molecule has 0 aliphatic rings. The van der Waals surface area contributed by atoms with E-state index in [4.69, 9.17) is 5.21 Å². The number of anilines is 1. The van der Waals surface area contributed by atoms with E-state index in [0.717, 1.165) is 19.3 Å². The van der Waals surface area contributed by atoms with Crippen LogP contribution >= 0.6 is 0 Å². The molecule has 0 spiro atoms. The molecular formula is C10H16N4O2. The number of hydrogen-bond acceptors (Lipinski definition) is 6. The number of nitrogens with zero attached hydrogens (tertiary/aromatic N) is 3. The number of aromatic nitrogens is 1. The van der Waals surface area contributed by atoms with Gasteiger partial charge in [0.05, 0.1) is 6.21 Å². The maximum Gasteiger partial charge on any atom is 0.143 e. The topological polar surface area (TPSA) is 81.0 Å². The van der Waals surface area contributed by atoms with E-state index in [9.17, 15) is 5.11 Å². The van der Waals surface area contributed by atoms with Gasteiger partial charge in [-0.2, -0.15) is 0 Å². The first-order valence-corrected chi connectivity index (χ1v) is 4.89. The summed E-state index contributed by atoms with van der Waals surface area (Å²) < 4.78 is 0. The van der Waals surface area contributed by atoms with E-state index in [2.05, 4.69) is 15.5 Å². The highest BCUT2D eigenvalue weighted by Crippen LogP contribution is 2.15. The van der Waals surface area contributed by atoms with Crippen LogP contribution in [-0.4, -0.2) is 53.6 Å². The molecule has 0 bridgehead atoms. The molecule has 16 heavy (non-hydrogen) atoms. The average Bonchev–Trinajstić information content (AvgIpc) is 2.22. The molecule has 6 heteroatoms. The second kappa shape index (κ2) is 5.92. The van der Waals surface area contributed by atoms with Gasteiger partial charge in [-0.15, -0.1) is 0 Å². The Morgan fingerprint density at radius 2 is 2.25 bits per heavy atom. The first-order chi connectivity index (χ1) is 7.63. The summed E-state index contributed by atoms with van der Waals surface area (Å²) in [6.45, 7) is 1.63. The molecule has 0 unspecified atom stereocenters. The van der Waals surface area contributed by atoms with Gasteiger partial charge in [0.25, 0.3) is 0 Å². The van der Waals surface area contributed by atoms with Gasteiger partial charge < -0.3 is 20.5 Å². The zero-order valence-electron chi connectivity index (χ0n) is 9.38. The maximum atomic E-state index is 9.38. The van der Waals surface area contributed by atoms with Crippen LogP contribution in [0.2, 0.25) is 0 Å². The molecule has 3 N–H and O–H groups in total. The third-order valence-corrected chi connectivity index (χ3v) is 1.95. The van der Waals surface area contributed by atoms with Gasteiger partial charge in [-0.25, -0.2) is 4.98 Å². The first-order valence-electron chi connectivity index (χ1n) is 4.89. The Balaban J connectivity index is 2.64. The molecule has 0 aliphatic heterocycles. The van der Waals surface area contributed by atoms with E-state index < -0.39 is 0 Å². The van der Waals surface area contributed by atoms with Crippen molar-refractivity contribution in [1.82, 2.24) is 9.88 Å². The summed E-state index contributed by atoms with van der Waals surface area (Å²) in [6.07, 6.45) is 1.09. The molecule has 0 aliphatic carbocycles. The summed E-state index contributed by atoms with van der Waals surface area (Å²) in [5.74, 6) is 0.616. The minimum atomic E-state index is -0.0176. The summed E-state index contributed by atoms with van der Waals surface area (Å²) in [7, 11) is 3.96. The van der Waals surface area contributed by atoms with Gasteiger partial charge in [-0.3, -0.25) is 0 Å². The maximum absolute atomic E-state index is 9.38. The number of nitrogens with one attached hydrogen (secondary N) is 1. The summed E-state index contributed by atoms with van der Waals surface area (Å²) in [4.78, 5) is 6.12. The predicted molar refractivity (Wildman–Crippen MR) is 62.3 cm³/mol. The summed E-state index contributed by atoms with van der Waals surface area (Å²) in [5, 5.41) is 23.7. The van der Waals surface area contributed by atoms with Gasteiger partial charge >= 0.3 is 0 Å². The SMILES string of the molecule is CN(C)CCNc1ccc(O)c(/C=N/O)n1. The minimum Gasteiger partial charge on any atom is -0.506 e. The molecular weight excluding hydrogens is 208 g/mol. The molecule has 1 aromatic rings. The summed E-state index contributed by atoms with van der Waals surface area (Å²) in [5.41, 5.74) is 0.234. The molecule has 0 atom stereocenters. The number of rotatable bonds is 5. The van der Waals surface area contributed by atoms with Crippen molar-refractivity contribution in [3.63, 3.8) is 0 Å². The predicted octanol–water partition coefficient (Wildman–Crippen LogP) is 0.569. The Labute approximate surface area is 94.2 Å². The number of oxime groups is 1. The average molecular weight is 224 g/mol. The zero-order valence-corrected chi connectivity index (χ0v) is 9.38. The quantitative estimate of drug-likeness (QED) is 0.387. The van der Waals surface area contributed by atoms with E-state index in [1.807, 2.05) is 19.0 Å². The molecule has 88 valence electrons. The highest BCUT2D eigenvalue weighted by molar-refractivity contribution is 5.80. The fourth-order valence-corrected chi connectivity index (χ4v) is 1.12. The van der Waals surface area contributed by atoms with Crippen molar-refractivity contribution >= 4 is 12.0 Å². The van der Waals surface area contributed by atoms with Gasteiger partial charge in [0.15, 0.2) is 0 Å². The van der Waals surface area contributed by atoms with Crippen molar-refractivity contribution in [2.75, 3.05) is 32.5 Å². The molecule has 1 heterocycles. The Kier molecular flexibility index (Phi) is 4.53. The van der Waals surface area contributed by atoms with Crippen molar-refractivity contribution in [2.45, 2.75) is 0 Å². The lowest BCUT2D eigenvalue weighted by molar-refractivity contribution is 0.321. The van der Waals surface area contributed by atoms with Gasteiger partial charge in [0, 0.05) is 13.1 Å². The Bertz CT molecular complexity index is 366. The Morgan fingerprint density at radius 1 is 1.50 bits per heavy atom. The van der Waals surface area contributed by atoms with E-state index in [0.29, 0.717) is 5.82 Å². The lowest BCUT2D eigenvalue weighted by Gasteiger charge is -2.11. The second-order valence-electron chi connectivity index (χ2n) is 3.58. The van der Waals surface area contributed by atoms with Crippen molar-refractivity contribution in [3.05, 3.63) is 17.8 Å². The monoisotopic (exact) mass is 224 g/mol. The largest absolute Gasteiger partial charge is 0.506 e. The number of aromatic hydroxyl groups is 1. The smallest absolute Gasteiger partial charge is 0.143 e. The Hall–Kier alpha value is -1.82. The van der Waals surface area contributed by atoms with Crippen LogP contribution in [0.15, 0.2) is 17.3 Å². The van der Waals surface area contributed by atoms with Crippen LogP contribution in [0.25, 0.3) is 0 Å². The number of hydrogen-bond donors (Lipinski definition) is 3. The van der Waals surface area contributed by atoms with E-state index in [1.165, 1.54) is 6.07 Å². The van der Waals surface area contributed by atoms with Crippen LogP contribution in [0.5, 0.6) is 5.75 Å². The fraction of sp³-hybridized carbons (Fsp3) is 0.400. The standard InChI is InChI=1S/C10H16N4O2/c1-14(2)6-5-11-10-4-3-9(15)8(13-10)7-12-16/h3-4,7,15-16H,5-6H2,1-2H3,(H,11,13)/b12-7+. The van der Waals surface area contributed by atoms with Crippen molar-refractivity contribution in [2.24, 2.45) is 5.16 Å². The van der Waals surface area contributed by atoms with Gasteiger partial charge in [-0.1, -0.05) is 5.16 Å². The number of pyridine rings is 1.